The minimum absolute atomic E-state index is 0.189. The third kappa shape index (κ3) is 2.85. The van der Waals surface area contributed by atoms with Crippen molar-refractivity contribution in [3.8, 4) is 5.75 Å². The monoisotopic (exact) mass is 255 g/mol. The van der Waals surface area contributed by atoms with Crippen LogP contribution in [0, 0.1) is 29.1 Å². The highest BCUT2D eigenvalue weighted by molar-refractivity contribution is 5.29. The number of rotatable bonds is 4. The summed E-state index contributed by atoms with van der Waals surface area (Å²) in [5.74, 6) is -11.4. The molecule has 0 aliphatic rings. The molecule has 0 heterocycles. The molecule has 0 amide bonds. The van der Waals surface area contributed by atoms with Crippen molar-refractivity contribution in [2.75, 3.05) is 27.2 Å². The Hall–Kier alpha value is -1.37. The van der Waals surface area contributed by atoms with Gasteiger partial charge in [-0.05, 0) is 14.1 Å². The van der Waals surface area contributed by atoms with Crippen LogP contribution in [0.1, 0.15) is 0 Å². The summed E-state index contributed by atoms with van der Waals surface area (Å²) >= 11 is 0. The fourth-order valence-corrected chi connectivity index (χ4v) is 1.04. The van der Waals surface area contributed by atoms with E-state index in [4.69, 9.17) is 0 Å². The van der Waals surface area contributed by atoms with Gasteiger partial charge in [0, 0.05) is 6.54 Å². The smallest absolute Gasteiger partial charge is 0.206 e. The number of halogens is 5. The van der Waals surface area contributed by atoms with Gasteiger partial charge in [0.25, 0.3) is 0 Å². The largest absolute Gasteiger partial charge is 0.486 e. The molecule has 0 saturated carbocycles. The Balaban J connectivity index is 2.99. The Labute approximate surface area is 94.6 Å². The maximum absolute atomic E-state index is 13.1. The van der Waals surface area contributed by atoms with Gasteiger partial charge in [-0.15, -0.1) is 0 Å². The summed E-state index contributed by atoms with van der Waals surface area (Å²) in [7, 11) is 3.34. The van der Waals surface area contributed by atoms with E-state index in [0.29, 0.717) is 0 Å². The molecular formula is C10H10F5NO. The minimum Gasteiger partial charge on any atom is -0.486 e. The summed E-state index contributed by atoms with van der Waals surface area (Å²) in [6.07, 6.45) is 0. The quantitative estimate of drug-likeness (QED) is 0.465. The van der Waals surface area contributed by atoms with Crippen LogP contribution in [-0.4, -0.2) is 32.1 Å². The zero-order valence-electron chi connectivity index (χ0n) is 9.16. The first-order valence-corrected chi connectivity index (χ1v) is 4.65. The lowest BCUT2D eigenvalue weighted by Gasteiger charge is -2.12. The van der Waals surface area contributed by atoms with Crippen LogP contribution in [0.15, 0.2) is 0 Å². The van der Waals surface area contributed by atoms with E-state index in [1.807, 2.05) is 0 Å². The van der Waals surface area contributed by atoms with Gasteiger partial charge in [0.1, 0.15) is 6.61 Å². The van der Waals surface area contributed by atoms with Gasteiger partial charge < -0.3 is 9.64 Å². The molecule has 0 atom stereocenters. The number of nitrogens with zero attached hydrogens (tertiary/aromatic N) is 1. The number of ether oxygens (including phenoxy) is 1. The second kappa shape index (κ2) is 5.31. The van der Waals surface area contributed by atoms with Crippen molar-refractivity contribution in [2.24, 2.45) is 0 Å². The van der Waals surface area contributed by atoms with Gasteiger partial charge >= 0.3 is 0 Å². The summed E-state index contributed by atoms with van der Waals surface area (Å²) in [5.41, 5.74) is 0. The maximum atomic E-state index is 13.1. The van der Waals surface area contributed by atoms with Gasteiger partial charge in [-0.1, -0.05) is 0 Å². The van der Waals surface area contributed by atoms with Crippen LogP contribution in [0.2, 0.25) is 0 Å². The predicted octanol–water partition coefficient (Wildman–Crippen LogP) is 2.32. The first-order valence-electron chi connectivity index (χ1n) is 4.65. The standard InChI is InChI=1S/C10H10F5NO/c1-16(2)3-4-17-10-8(14)6(12)5(11)7(13)9(10)15/h3-4H2,1-2H3. The average Bonchev–Trinajstić information content (AvgIpc) is 2.28. The van der Waals surface area contributed by atoms with Gasteiger partial charge in [0.2, 0.25) is 29.1 Å². The van der Waals surface area contributed by atoms with Crippen molar-refractivity contribution < 1.29 is 26.7 Å². The van der Waals surface area contributed by atoms with Gasteiger partial charge in [-0.3, -0.25) is 0 Å². The minimum atomic E-state index is -2.19. The van der Waals surface area contributed by atoms with Crippen LogP contribution >= 0.6 is 0 Å². The molecule has 96 valence electrons. The first kappa shape index (κ1) is 13.7. The molecule has 1 rings (SSSR count). The number of hydrogen-bond acceptors (Lipinski definition) is 2. The van der Waals surface area contributed by atoms with E-state index in [9.17, 15) is 22.0 Å². The van der Waals surface area contributed by atoms with E-state index in [0.717, 1.165) is 0 Å². The van der Waals surface area contributed by atoms with Crippen molar-refractivity contribution in [1.29, 1.82) is 0 Å². The molecule has 0 aliphatic carbocycles. The summed E-state index contributed by atoms with van der Waals surface area (Å²) in [4.78, 5) is 1.63. The van der Waals surface area contributed by atoms with Gasteiger partial charge in [-0.25, -0.2) is 13.2 Å². The van der Waals surface area contributed by atoms with E-state index < -0.39 is 34.8 Å². The summed E-state index contributed by atoms with van der Waals surface area (Å²) in [6.45, 7) is 0.0881. The van der Waals surface area contributed by atoms with E-state index >= 15 is 0 Å². The van der Waals surface area contributed by atoms with Gasteiger partial charge in [-0.2, -0.15) is 8.78 Å². The zero-order chi connectivity index (χ0) is 13.2. The Morgan fingerprint density at radius 2 is 1.24 bits per heavy atom. The van der Waals surface area contributed by atoms with Crippen molar-refractivity contribution >= 4 is 0 Å². The predicted molar refractivity (Wildman–Crippen MR) is 50.3 cm³/mol. The Bertz CT molecular complexity index is 393. The van der Waals surface area contributed by atoms with Crippen LogP contribution in [-0.2, 0) is 0 Å². The summed E-state index contributed by atoms with van der Waals surface area (Å²) in [5, 5.41) is 0. The van der Waals surface area contributed by atoms with Gasteiger partial charge in [0.05, 0.1) is 0 Å². The summed E-state index contributed by atoms with van der Waals surface area (Å²) in [6, 6.07) is 0. The zero-order valence-corrected chi connectivity index (χ0v) is 9.16. The normalized spacial score (nSPS) is 11.1. The molecule has 2 nitrogen and oxygen atoms in total. The molecule has 1 aromatic rings. The molecule has 7 heteroatoms. The molecule has 0 radical (unpaired) electrons. The molecule has 0 bridgehead atoms. The fraction of sp³-hybridized carbons (Fsp3) is 0.400. The molecule has 0 spiro atoms. The Morgan fingerprint density at radius 1 is 0.824 bits per heavy atom. The van der Waals surface area contributed by atoms with E-state index in [2.05, 4.69) is 4.74 Å². The lowest BCUT2D eigenvalue weighted by Crippen LogP contribution is -2.20. The highest BCUT2D eigenvalue weighted by Gasteiger charge is 2.26. The molecule has 0 unspecified atom stereocenters. The van der Waals surface area contributed by atoms with E-state index in [1.54, 1.807) is 19.0 Å². The SMILES string of the molecule is CN(C)CCOc1c(F)c(F)c(F)c(F)c1F. The van der Waals surface area contributed by atoms with Crippen molar-refractivity contribution in [3.05, 3.63) is 29.1 Å². The third-order valence-corrected chi connectivity index (χ3v) is 1.95. The molecule has 17 heavy (non-hydrogen) atoms. The van der Waals surface area contributed by atoms with Crippen LogP contribution < -0.4 is 4.74 Å². The molecule has 0 saturated heterocycles. The van der Waals surface area contributed by atoms with Crippen LogP contribution in [0.25, 0.3) is 0 Å². The maximum Gasteiger partial charge on any atom is 0.206 e. The molecule has 0 N–H and O–H groups in total. The van der Waals surface area contributed by atoms with Crippen LogP contribution in [0.4, 0.5) is 22.0 Å². The highest BCUT2D eigenvalue weighted by Crippen LogP contribution is 2.28. The lowest BCUT2D eigenvalue weighted by molar-refractivity contribution is 0.230. The lowest BCUT2D eigenvalue weighted by atomic mass is 10.2. The summed E-state index contributed by atoms with van der Waals surface area (Å²) < 4.78 is 68.8. The number of benzene rings is 1. The van der Waals surface area contributed by atoms with Gasteiger partial charge in [0.15, 0.2) is 5.75 Å². The molecule has 0 fully saturated rings. The Kier molecular flexibility index (Phi) is 4.28. The van der Waals surface area contributed by atoms with Crippen LogP contribution in [0.3, 0.4) is 0 Å². The Morgan fingerprint density at radius 3 is 1.65 bits per heavy atom. The molecular weight excluding hydrogens is 245 g/mol. The first-order chi connectivity index (χ1) is 7.86. The van der Waals surface area contributed by atoms with Crippen molar-refractivity contribution in [1.82, 2.24) is 4.90 Å². The number of hydrogen-bond donors (Lipinski definition) is 0. The average molecular weight is 255 g/mol. The molecule has 1 aromatic carbocycles. The van der Waals surface area contributed by atoms with E-state index in [1.165, 1.54) is 0 Å². The van der Waals surface area contributed by atoms with Crippen molar-refractivity contribution in [3.63, 3.8) is 0 Å². The highest BCUT2D eigenvalue weighted by atomic mass is 19.2. The number of likely N-dealkylation sites (N-methyl/N-ethyl adjacent to an activating group) is 1. The second-order valence-electron chi connectivity index (χ2n) is 3.55. The van der Waals surface area contributed by atoms with E-state index in [-0.39, 0.29) is 13.2 Å². The van der Waals surface area contributed by atoms with Crippen LogP contribution in [0.5, 0.6) is 5.75 Å². The molecule has 0 aromatic heterocycles. The van der Waals surface area contributed by atoms with Crippen molar-refractivity contribution in [2.45, 2.75) is 0 Å². The third-order valence-electron chi connectivity index (χ3n) is 1.95. The fourth-order valence-electron chi connectivity index (χ4n) is 1.04. The molecule has 0 aliphatic heterocycles. The second-order valence-corrected chi connectivity index (χ2v) is 3.55. The topological polar surface area (TPSA) is 12.5 Å².